The minimum atomic E-state index is -1.01. The normalized spacial score (nSPS) is 22.1. The van der Waals surface area contributed by atoms with Crippen LogP contribution in [-0.2, 0) is 22.4 Å². The zero-order valence-electron chi connectivity index (χ0n) is 14.5. The minimum Gasteiger partial charge on any atom is -0.489 e. The van der Waals surface area contributed by atoms with E-state index < -0.39 is 12.1 Å². The molecule has 4 rings (SSSR count). The van der Waals surface area contributed by atoms with E-state index in [4.69, 9.17) is 19.0 Å². The van der Waals surface area contributed by atoms with E-state index in [0.29, 0.717) is 11.3 Å². The van der Waals surface area contributed by atoms with Crippen LogP contribution in [0.4, 0.5) is 0 Å². The van der Waals surface area contributed by atoms with Gasteiger partial charge in [-0.25, -0.2) is 9.59 Å². The zero-order chi connectivity index (χ0) is 18.3. The van der Waals surface area contributed by atoms with Crippen LogP contribution < -0.4 is 10.4 Å². The quantitative estimate of drug-likeness (QED) is 0.670. The van der Waals surface area contributed by atoms with E-state index in [1.165, 1.54) is 0 Å². The van der Waals surface area contributed by atoms with Gasteiger partial charge in [0.15, 0.2) is 6.10 Å². The van der Waals surface area contributed by atoms with Crippen LogP contribution in [0.5, 0.6) is 5.75 Å². The summed E-state index contributed by atoms with van der Waals surface area (Å²) >= 11 is 0. The highest BCUT2D eigenvalue weighted by atomic mass is 16.5. The summed E-state index contributed by atoms with van der Waals surface area (Å²) in [6.07, 6.45) is 4.13. The third kappa shape index (κ3) is 3.01. The molecule has 6 nitrogen and oxygen atoms in total. The highest BCUT2D eigenvalue weighted by molar-refractivity contribution is 5.82. The highest BCUT2D eigenvalue weighted by Gasteiger charge is 2.28. The summed E-state index contributed by atoms with van der Waals surface area (Å²) < 4.78 is 16.6. The molecule has 0 bridgehead atoms. The molecule has 1 N–H and O–H groups in total. The predicted octanol–water partition coefficient (Wildman–Crippen LogP) is 2.85. The SMILES string of the molecule is CC1OC(C(=O)O)C=C1COc1ccc2c3c(c(=O)oc2c1)CCCC3. The predicted molar refractivity (Wildman–Crippen MR) is 94.7 cm³/mol. The molecule has 0 radical (unpaired) electrons. The number of benzene rings is 1. The molecule has 1 aromatic carbocycles. The van der Waals surface area contributed by atoms with E-state index >= 15 is 0 Å². The standard InChI is InChI=1S/C20H20O6/c1-11-12(8-18(25-11)19(21)22)10-24-13-6-7-15-14-4-2-3-5-16(14)20(23)26-17(15)9-13/h6-9,11,18H,2-5,10H2,1H3,(H,21,22). The van der Waals surface area contributed by atoms with Crippen LogP contribution in [0, 0.1) is 0 Å². The maximum atomic E-state index is 12.2. The van der Waals surface area contributed by atoms with Gasteiger partial charge in [0.1, 0.15) is 17.9 Å². The third-order valence-electron chi connectivity index (χ3n) is 5.08. The second kappa shape index (κ2) is 6.61. The number of rotatable bonds is 4. The van der Waals surface area contributed by atoms with Crippen LogP contribution >= 0.6 is 0 Å². The summed E-state index contributed by atoms with van der Waals surface area (Å²) in [5.74, 6) is -0.438. The van der Waals surface area contributed by atoms with Gasteiger partial charge in [-0.15, -0.1) is 0 Å². The van der Waals surface area contributed by atoms with Gasteiger partial charge in [0.05, 0.1) is 6.10 Å². The summed E-state index contributed by atoms with van der Waals surface area (Å²) in [5.41, 5.74) is 2.96. The molecular weight excluding hydrogens is 336 g/mol. The maximum Gasteiger partial charge on any atom is 0.339 e. The van der Waals surface area contributed by atoms with Gasteiger partial charge in [0, 0.05) is 17.0 Å². The van der Waals surface area contributed by atoms with Crippen molar-refractivity contribution < 1.29 is 23.8 Å². The van der Waals surface area contributed by atoms with Crippen molar-refractivity contribution in [2.45, 2.75) is 44.8 Å². The number of aryl methyl sites for hydroxylation is 1. The first-order valence-electron chi connectivity index (χ1n) is 8.83. The van der Waals surface area contributed by atoms with Crippen molar-refractivity contribution >= 4 is 16.9 Å². The van der Waals surface area contributed by atoms with E-state index in [1.807, 2.05) is 12.1 Å². The average molecular weight is 356 g/mol. The smallest absolute Gasteiger partial charge is 0.339 e. The average Bonchev–Trinajstić information content (AvgIpc) is 3.01. The lowest BCUT2D eigenvalue weighted by Crippen LogP contribution is -2.20. The van der Waals surface area contributed by atoms with Crippen molar-refractivity contribution in [2.75, 3.05) is 6.61 Å². The van der Waals surface area contributed by atoms with E-state index in [1.54, 1.807) is 19.1 Å². The molecule has 0 saturated heterocycles. The first-order valence-corrected chi connectivity index (χ1v) is 8.83. The molecule has 1 aliphatic heterocycles. The summed E-state index contributed by atoms with van der Waals surface area (Å²) in [6.45, 7) is 2.02. The molecule has 0 fully saturated rings. The minimum absolute atomic E-state index is 0.228. The van der Waals surface area contributed by atoms with Gasteiger partial charge >= 0.3 is 11.6 Å². The largest absolute Gasteiger partial charge is 0.489 e. The molecule has 2 heterocycles. The van der Waals surface area contributed by atoms with Gasteiger partial charge in [0.25, 0.3) is 0 Å². The molecule has 2 atom stereocenters. The summed E-state index contributed by atoms with van der Waals surface area (Å²) in [4.78, 5) is 23.2. The van der Waals surface area contributed by atoms with E-state index in [-0.39, 0.29) is 18.3 Å². The Hall–Kier alpha value is -2.60. The fraction of sp³-hybridized carbons (Fsp3) is 0.400. The summed E-state index contributed by atoms with van der Waals surface area (Å²) in [6, 6.07) is 5.51. The fourth-order valence-electron chi connectivity index (χ4n) is 3.65. The fourth-order valence-corrected chi connectivity index (χ4v) is 3.65. The number of hydrogen-bond acceptors (Lipinski definition) is 5. The Morgan fingerprint density at radius 1 is 1.27 bits per heavy atom. The number of fused-ring (bicyclic) bond motifs is 3. The molecule has 1 aromatic heterocycles. The second-order valence-corrected chi connectivity index (χ2v) is 6.78. The van der Waals surface area contributed by atoms with Gasteiger partial charge < -0.3 is 19.0 Å². The number of hydrogen-bond donors (Lipinski definition) is 1. The lowest BCUT2D eigenvalue weighted by molar-refractivity contribution is -0.147. The Bertz CT molecular complexity index is 955. The molecule has 6 heteroatoms. The van der Waals surface area contributed by atoms with Gasteiger partial charge in [-0.05, 0) is 62.0 Å². The number of ether oxygens (including phenoxy) is 2. The van der Waals surface area contributed by atoms with Crippen molar-refractivity contribution in [3.8, 4) is 5.75 Å². The van der Waals surface area contributed by atoms with Crippen LogP contribution in [0.2, 0.25) is 0 Å². The molecule has 26 heavy (non-hydrogen) atoms. The lowest BCUT2D eigenvalue weighted by atomic mass is 9.91. The van der Waals surface area contributed by atoms with E-state index in [9.17, 15) is 9.59 Å². The number of carbonyl (C=O) groups is 1. The van der Waals surface area contributed by atoms with E-state index in [2.05, 4.69) is 0 Å². The Balaban J connectivity index is 1.58. The van der Waals surface area contributed by atoms with Crippen LogP contribution in [0.15, 0.2) is 39.1 Å². The highest BCUT2D eigenvalue weighted by Crippen LogP contribution is 2.29. The topological polar surface area (TPSA) is 86.0 Å². The lowest BCUT2D eigenvalue weighted by Gasteiger charge is -2.16. The Kier molecular flexibility index (Phi) is 4.28. The Morgan fingerprint density at radius 2 is 2.04 bits per heavy atom. The number of aliphatic carboxylic acids is 1. The second-order valence-electron chi connectivity index (χ2n) is 6.78. The first-order chi connectivity index (χ1) is 12.5. The van der Waals surface area contributed by atoms with Crippen LogP contribution in [0.3, 0.4) is 0 Å². The van der Waals surface area contributed by atoms with Crippen molar-refractivity contribution in [3.05, 3.63) is 51.4 Å². The summed E-state index contributed by atoms with van der Waals surface area (Å²) in [5, 5.41) is 9.99. The summed E-state index contributed by atoms with van der Waals surface area (Å²) in [7, 11) is 0. The molecule has 2 aromatic rings. The van der Waals surface area contributed by atoms with Gasteiger partial charge in [-0.1, -0.05) is 0 Å². The molecule has 2 aliphatic rings. The van der Waals surface area contributed by atoms with Crippen molar-refractivity contribution in [1.82, 2.24) is 0 Å². The maximum absolute atomic E-state index is 12.2. The molecular formula is C20H20O6. The molecule has 0 amide bonds. The van der Waals surface area contributed by atoms with Crippen LogP contribution in [0.1, 0.15) is 30.9 Å². The zero-order valence-corrected chi connectivity index (χ0v) is 14.5. The van der Waals surface area contributed by atoms with Crippen LogP contribution in [0.25, 0.3) is 11.0 Å². The molecule has 136 valence electrons. The van der Waals surface area contributed by atoms with E-state index in [0.717, 1.165) is 47.8 Å². The molecule has 1 aliphatic carbocycles. The molecule has 2 unspecified atom stereocenters. The van der Waals surface area contributed by atoms with Gasteiger partial charge in [-0.2, -0.15) is 0 Å². The van der Waals surface area contributed by atoms with Crippen molar-refractivity contribution in [1.29, 1.82) is 0 Å². The Labute approximate surface area is 150 Å². The van der Waals surface area contributed by atoms with Gasteiger partial charge in [-0.3, -0.25) is 0 Å². The monoisotopic (exact) mass is 356 g/mol. The Morgan fingerprint density at radius 3 is 2.77 bits per heavy atom. The first kappa shape index (κ1) is 16.8. The number of carboxylic acids is 1. The molecule has 0 spiro atoms. The van der Waals surface area contributed by atoms with Gasteiger partial charge in [0.2, 0.25) is 0 Å². The van der Waals surface area contributed by atoms with Crippen molar-refractivity contribution in [2.24, 2.45) is 0 Å². The number of carboxylic acid groups (broad SMARTS) is 1. The van der Waals surface area contributed by atoms with Crippen molar-refractivity contribution in [3.63, 3.8) is 0 Å². The molecule has 0 saturated carbocycles. The van der Waals surface area contributed by atoms with Crippen LogP contribution in [-0.4, -0.2) is 29.9 Å². The third-order valence-corrected chi connectivity index (χ3v) is 5.08.